The van der Waals surface area contributed by atoms with Crippen molar-refractivity contribution in [3.63, 3.8) is 0 Å². The third-order valence-corrected chi connectivity index (χ3v) is 6.20. The zero-order valence-corrected chi connectivity index (χ0v) is 18.6. The number of amides is 2. The van der Waals surface area contributed by atoms with E-state index in [4.69, 9.17) is 23.2 Å². The van der Waals surface area contributed by atoms with Gasteiger partial charge >= 0.3 is 0 Å². The highest BCUT2D eigenvalue weighted by atomic mass is 35.5. The van der Waals surface area contributed by atoms with E-state index < -0.39 is 34.1 Å². The van der Waals surface area contributed by atoms with Crippen LogP contribution in [0.4, 0.5) is 10.1 Å². The Bertz CT molecular complexity index is 1250. The Morgan fingerprint density at radius 2 is 1.59 bits per heavy atom. The summed E-state index contributed by atoms with van der Waals surface area (Å²) in [5, 5.41) is 0.531. The first-order valence-electron chi connectivity index (χ1n) is 9.06. The van der Waals surface area contributed by atoms with Crippen molar-refractivity contribution in [2.45, 2.75) is 11.3 Å². The highest BCUT2D eigenvalue weighted by molar-refractivity contribution is 7.92. The number of carbonyl (C=O) groups excluding carboxylic acids is 2. The number of hydrogen-bond acceptors (Lipinski definition) is 4. The van der Waals surface area contributed by atoms with Crippen molar-refractivity contribution < 1.29 is 22.4 Å². The Balaban J connectivity index is 1.66. The SMILES string of the molecule is O=C(Cc1c(F)cccc1Cl)NNC(=O)c1cccc(S(=O)(=O)Nc2ccc(Cl)cc2)c1. The Morgan fingerprint density at radius 3 is 2.28 bits per heavy atom. The molecule has 0 spiro atoms. The third kappa shape index (κ3) is 5.97. The number of hydrazine groups is 1. The molecule has 0 aliphatic rings. The quantitative estimate of drug-likeness (QED) is 0.450. The standard InChI is InChI=1S/C21H16Cl2FN3O4S/c22-14-7-9-15(10-8-14)27-32(30,31)16-4-1-3-13(11-16)21(29)26-25-20(28)12-17-18(23)5-2-6-19(17)24/h1-11,27H,12H2,(H,25,28)(H,26,29). The monoisotopic (exact) mass is 495 g/mol. The van der Waals surface area contributed by atoms with E-state index in [1.54, 1.807) is 0 Å². The molecule has 0 unspecified atom stereocenters. The van der Waals surface area contributed by atoms with Crippen LogP contribution in [-0.2, 0) is 21.2 Å². The van der Waals surface area contributed by atoms with Crippen molar-refractivity contribution >= 4 is 50.7 Å². The number of nitrogens with one attached hydrogen (secondary N) is 3. The maximum atomic E-state index is 13.8. The van der Waals surface area contributed by atoms with E-state index in [0.717, 1.165) is 12.1 Å². The highest BCUT2D eigenvalue weighted by Crippen LogP contribution is 2.20. The summed E-state index contributed by atoms with van der Waals surface area (Å²) in [4.78, 5) is 24.2. The lowest BCUT2D eigenvalue weighted by Gasteiger charge is -2.11. The molecule has 3 rings (SSSR count). The summed E-state index contributed by atoms with van der Waals surface area (Å²) in [5.74, 6) is -2.12. The van der Waals surface area contributed by atoms with Crippen LogP contribution in [0.2, 0.25) is 10.0 Å². The molecule has 0 aromatic heterocycles. The fourth-order valence-electron chi connectivity index (χ4n) is 2.64. The molecule has 3 N–H and O–H groups in total. The number of hydrogen-bond donors (Lipinski definition) is 3. The number of benzene rings is 3. The van der Waals surface area contributed by atoms with E-state index in [2.05, 4.69) is 15.6 Å². The summed E-state index contributed by atoms with van der Waals surface area (Å²) in [6.45, 7) is 0. The van der Waals surface area contributed by atoms with E-state index >= 15 is 0 Å². The summed E-state index contributed by atoms with van der Waals surface area (Å²) in [5.41, 5.74) is 4.57. The van der Waals surface area contributed by atoms with Gasteiger partial charge in [-0.05, 0) is 54.6 Å². The van der Waals surface area contributed by atoms with Crippen LogP contribution in [0.15, 0.2) is 71.6 Å². The maximum absolute atomic E-state index is 13.8. The van der Waals surface area contributed by atoms with Gasteiger partial charge in [0.25, 0.3) is 15.9 Å². The molecule has 0 fully saturated rings. The molecule has 3 aromatic rings. The minimum atomic E-state index is -3.98. The largest absolute Gasteiger partial charge is 0.280 e. The summed E-state index contributed by atoms with van der Waals surface area (Å²) in [7, 11) is -3.98. The molecule has 0 bridgehead atoms. The highest BCUT2D eigenvalue weighted by Gasteiger charge is 2.17. The van der Waals surface area contributed by atoms with Gasteiger partial charge in [-0.3, -0.25) is 25.2 Å². The predicted molar refractivity (Wildman–Crippen MR) is 119 cm³/mol. The Morgan fingerprint density at radius 1 is 0.906 bits per heavy atom. The van der Waals surface area contributed by atoms with Crippen molar-refractivity contribution in [3.8, 4) is 0 Å². The summed E-state index contributed by atoms with van der Waals surface area (Å²) in [6.07, 6.45) is -0.398. The summed E-state index contributed by atoms with van der Waals surface area (Å²) in [6, 6.07) is 15.3. The van der Waals surface area contributed by atoms with Crippen LogP contribution < -0.4 is 15.6 Å². The second kappa shape index (κ2) is 9.99. The van der Waals surface area contributed by atoms with Gasteiger partial charge < -0.3 is 0 Å². The summed E-state index contributed by atoms with van der Waals surface area (Å²) < 4.78 is 41.4. The van der Waals surface area contributed by atoms with Crippen LogP contribution in [0.5, 0.6) is 0 Å². The topological polar surface area (TPSA) is 104 Å². The summed E-state index contributed by atoms with van der Waals surface area (Å²) >= 11 is 11.7. The molecule has 0 radical (unpaired) electrons. The molecule has 2 amide bonds. The molecular formula is C21H16Cl2FN3O4S. The van der Waals surface area contributed by atoms with E-state index in [0.29, 0.717) is 10.7 Å². The lowest BCUT2D eigenvalue weighted by Crippen LogP contribution is -2.42. The molecule has 166 valence electrons. The molecule has 11 heteroatoms. The van der Waals surface area contributed by atoms with Crippen molar-refractivity contribution in [1.29, 1.82) is 0 Å². The second-order valence-corrected chi connectivity index (χ2v) is 9.05. The van der Waals surface area contributed by atoms with Crippen LogP contribution in [-0.4, -0.2) is 20.2 Å². The molecular weight excluding hydrogens is 480 g/mol. The van der Waals surface area contributed by atoms with Crippen LogP contribution in [0.25, 0.3) is 0 Å². The minimum Gasteiger partial charge on any atom is -0.280 e. The number of anilines is 1. The van der Waals surface area contributed by atoms with Gasteiger partial charge in [-0.15, -0.1) is 0 Å². The van der Waals surface area contributed by atoms with E-state index in [-0.39, 0.29) is 21.0 Å². The lowest BCUT2D eigenvalue weighted by atomic mass is 10.1. The first kappa shape index (κ1) is 23.5. The van der Waals surface area contributed by atoms with Gasteiger partial charge in [0.15, 0.2) is 0 Å². The Labute approximate surface area is 193 Å². The minimum absolute atomic E-state index is 0.0118. The van der Waals surface area contributed by atoms with Gasteiger partial charge in [0.2, 0.25) is 5.91 Å². The van der Waals surface area contributed by atoms with Crippen molar-refractivity contribution in [2.75, 3.05) is 4.72 Å². The van der Waals surface area contributed by atoms with E-state index in [1.807, 2.05) is 0 Å². The average molecular weight is 496 g/mol. The lowest BCUT2D eigenvalue weighted by molar-refractivity contribution is -0.121. The molecule has 0 heterocycles. The molecule has 32 heavy (non-hydrogen) atoms. The molecule has 3 aromatic carbocycles. The smallest absolute Gasteiger partial charge is 0.269 e. The molecule has 7 nitrogen and oxygen atoms in total. The molecule has 0 atom stereocenters. The van der Waals surface area contributed by atoms with Crippen LogP contribution in [0.1, 0.15) is 15.9 Å². The molecule has 0 saturated carbocycles. The Hall–Kier alpha value is -3.14. The van der Waals surface area contributed by atoms with Crippen LogP contribution in [0.3, 0.4) is 0 Å². The maximum Gasteiger partial charge on any atom is 0.269 e. The van der Waals surface area contributed by atoms with Gasteiger partial charge in [0.05, 0.1) is 11.3 Å². The van der Waals surface area contributed by atoms with Crippen molar-refractivity contribution in [1.82, 2.24) is 10.9 Å². The van der Waals surface area contributed by atoms with Gasteiger partial charge in [-0.2, -0.15) is 0 Å². The average Bonchev–Trinajstić information content (AvgIpc) is 2.76. The third-order valence-electron chi connectivity index (χ3n) is 4.22. The fourth-order valence-corrected chi connectivity index (χ4v) is 4.10. The van der Waals surface area contributed by atoms with Crippen molar-refractivity contribution in [2.24, 2.45) is 0 Å². The predicted octanol–water partition coefficient (Wildman–Crippen LogP) is 3.94. The van der Waals surface area contributed by atoms with E-state index in [9.17, 15) is 22.4 Å². The first-order valence-corrected chi connectivity index (χ1v) is 11.3. The zero-order valence-electron chi connectivity index (χ0n) is 16.2. The second-order valence-electron chi connectivity index (χ2n) is 6.52. The van der Waals surface area contributed by atoms with Crippen LogP contribution in [0, 0.1) is 5.82 Å². The van der Waals surface area contributed by atoms with Crippen molar-refractivity contribution in [3.05, 3.63) is 93.7 Å². The number of sulfonamides is 1. The number of carbonyl (C=O) groups is 2. The molecule has 0 aliphatic carbocycles. The first-order chi connectivity index (χ1) is 15.2. The van der Waals surface area contributed by atoms with Gasteiger partial charge in [-0.1, -0.05) is 35.3 Å². The fraction of sp³-hybridized carbons (Fsp3) is 0.0476. The van der Waals surface area contributed by atoms with Crippen LogP contribution >= 0.6 is 23.2 Å². The van der Waals surface area contributed by atoms with Gasteiger partial charge in [0, 0.05) is 26.9 Å². The number of halogens is 3. The number of rotatable bonds is 6. The molecule has 0 saturated heterocycles. The normalized spacial score (nSPS) is 11.0. The Kier molecular flexibility index (Phi) is 7.34. The van der Waals surface area contributed by atoms with E-state index in [1.165, 1.54) is 54.6 Å². The van der Waals surface area contributed by atoms with Gasteiger partial charge in [0.1, 0.15) is 5.82 Å². The molecule has 0 aliphatic heterocycles. The zero-order chi connectivity index (χ0) is 23.3. The van der Waals surface area contributed by atoms with Gasteiger partial charge in [-0.25, -0.2) is 12.8 Å².